The smallest absolute Gasteiger partial charge is 0.230 e. The Morgan fingerprint density at radius 3 is 3.08 bits per heavy atom. The summed E-state index contributed by atoms with van der Waals surface area (Å²) in [7, 11) is 0. The van der Waals surface area contributed by atoms with Crippen molar-refractivity contribution < 1.29 is 4.79 Å². The van der Waals surface area contributed by atoms with Crippen molar-refractivity contribution in [3.63, 3.8) is 0 Å². The molecule has 1 rings (SSSR count). The molecule has 0 aliphatic rings. The first-order valence-electron chi connectivity index (χ1n) is 3.50. The maximum atomic E-state index is 10.8. The van der Waals surface area contributed by atoms with Crippen LogP contribution in [0.1, 0.15) is 10.6 Å². The summed E-state index contributed by atoms with van der Waals surface area (Å²) in [6, 6.07) is 0. The maximum absolute atomic E-state index is 10.8. The van der Waals surface area contributed by atoms with E-state index in [0.29, 0.717) is 6.54 Å². The Kier molecular flexibility index (Phi) is 3.55. The number of nitrogens with one attached hydrogen (secondary N) is 1. The Balaban J connectivity index is 2.43. The van der Waals surface area contributed by atoms with Crippen LogP contribution in [0.25, 0.3) is 0 Å². The highest BCUT2D eigenvalue weighted by Crippen LogP contribution is 2.10. The van der Waals surface area contributed by atoms with Crippen molar-refractivity contribution >= 4 is 29.9 Å². The third-order valence-corrected chi connectivity index (χ3v) is 2.66. The van der Waals surface area contributed by atoms with E-state index in [1.807, 2.05) is 6.92 Å². The molecular weight excluding hydrogens is 192 g/mol. The number of aryl methyl sites for hydroxylation is 1. The first kappa shape index (κ1) is 9.54. The van der Waals surface area contributed by atoms with Crippen LogP contribution in [-0.2, 0) is 11.3 Å². The van der Waals surface area contributed by atoms with Gasteiger partial charge in [0.05, 0.1) is 23.5 Å². The summed E-state index contributed by atoms with van der Waals surface area (Å²) in [5.74, 6) is 0.184. The molecule has 1 heterocycles. The first-order chi connectivity index (χ1) is 5.74. The summed E-state index contributed by atoms with van der Waals surface area (Å²) in [6.45, 7) is 2.49. The summed E-state index contributed by atoms with van der Waals surface area (Å²) < 4.78 is 0. The first-order valence-corrected chi connectivity index (χ1v) is 5.01. The van der Waals surface area contributed by atoms with Gasteiger partial charge >= 0.3 is 0 Å². The van der Waals surface area contributed by atoms with Crippen molar-refractivity contribution in [2.24, 2.45) is 0 Å². The molecule has 0 aliphatic heterocycles. The third kappa shape index (κ3) is 2.49. The molecular formula is C7H10N2OS2. The van der Waals surface area contributed by atoms with E-state index in [9.17, 15) is 4.79 Å². The minimum absolute atomic E-state index is 0.0499. The van der Waals surface area contributed by atoms with Crippen LogP contribution >= 0.6 is 24.0 Å². The molecule has 66 valence electrons. The number of carbonyl (C=O) groups excluding carboxylic acids is 1. The van der Waals surface area contributed by atoms with Gasteiger partial charge in [-0.05, 0) is 6.92 Å². The van der Waals surface area contributed by atoms with E-state index in [-0.39, 0.29) is 11.7 Å². The largest absolute Gasteiger partial charge is 0.350 e. The predicted molar refractivity (Wildman–Crippen MR) is 52.6 cm³/mol. The number of hydrogen-bond acceptors (Lipinski definition) is 4. The van der Waals surface area contributed by atoms with E-state index in [0.717, 1.165) is 10.6 Å². The molecule has 1 amide bonds. The second-order valence-corrected chi connectivity index (χ2v) is 3.55. The van der Waals surface area contributed by atoms with Crippen LogP contribution in [0.2, 0.25) is 0 Å². The van der Waals surface area contributed by atoms with Gasteiger partial charge in [-0.1, -0.05) is 0 Å². The molecule has 0 bridgehead atoms. The van der Waals surface area contributed by atoms with Crippen LogP contribution in [0.3, 0.4) is 0 Å². The van der Waals surface area contributed by atoms with Gasteiger partial charge in [-0.3, -0.25) is 4.79 Å². The monoisotopic (exact) mass is 202 g/mol. The number of amides is 1. The van der Waals surface area contributed by atoms with Gasteiger partial charge in [0.15, 0.2) is 0 Å². The third-order valence-electron chi connectivity index (χ3n) is 1.43. The zero-order valence-electron chi connectivity index (χ0n) is 6.70. The second-order valence-electron chi connectivity index (χ2n) is 2.30. The zero-order valence-corrected chi connectivity index (χ0v) is 8.41. The van der Waals surface area contributed by atoms with Gasteiger partial charge in [-0.25, -0.2) is 4.98 Å². The molecule has 0 saturated heterocycles. The molecule has 3 nitrogen and oxygen atoms in total. The van der Waals surface area contributed by atoms with Crippen molar-refractivity contribution in [2.45, 2.75) is 13.5 Å². The van der Waals surface area contributed by atoms with E-state index in [2.05, 4.69) is 22.9 Å². The molecule has 0 unspecified atom stereocenters. The van der Waals surface area contributed by atoms with E-state index in [1.165, 1.54) is 0 Å². The summed E-state index contributed by atoms with van der Waals surface area (Å²) in [4.78, 5) is 16.0. The molecule has 0 radical (unpaired) electrons. The van der Waals surface area contributed by atoms with E-state index in [4.69, 9.17) is 0 Å². The lowest BCUT2D eigenvalue weighted by Gasteiger charge is -2.00. The lowest BCUT2D eigenvalue weighted by molar-refractivity contribution is -0.118. The lowest BCUT2D eigenvalue weighted by atomic mass is 10.4. The Hall–Kier alpha value is -0.550. The average molecular weight is 202 g/mol. The van der Waals surface area contributed by atoms with Crippen LogP contribution in [0, 0.1) is 6.92 Å². The molecule has 0 fully saturated rings. The highest BCUT2D eigenvalue weighted by Gasteiger charge is 2.02. The Morgan fingerprint density at radius 1 is 1.83 bits per heavy atom. The van der Waals surface area contributed by atoms with Crippen molar-refractivity contribution in [3.8, 4) is 0 Å². The number of carbonyl (C=O) groups is 1. The number of hydrogen-bond donors (Lipinski definition) is 2. The SMILES string of the molecule is Cc1ncsc1CNC(=O)CS. The summed E-state index contributed by atoms with van der Waals surface area (Å²) >= 11 is 5.40. The van der Waals surface area contributed by atoms with Gasteiger partial charge in [-0.2, -0.15) is 12.6 Å². The number of aromatic nitrogens is 1. The number of thiol groups is 1. The van der Waals surface area contributed by atoms with Crippen LogP contribution in [0.5, 0.6) is 0 Å². The summed E-state index contributed by atoms with van der Waals surface area (Å²) in [5.41, 5.74) is 2.76. The standard InChI is InChI=1S/C7H10N2OS2/c1-5-6(12-4-9-5)2-8-7(10)3-11/h4,11H,2-3H2,1H3,(H,8,10). The fourth-order valence-corrected chi connectivity index (χ4v) is 1.56. The van der Waals surface area contributed by atoms with Crippen molar-refractivity contribution in [1.29, 1.82) is 0 Å². The molecule has 0 spiro atoms. The maximum Gasteiger partial charge on any atom is 0.230 e. The summed E-state index contributed by atoms with van der Waals surface area (Å²) in [5, 5.41) is 2.73. The predicted octanol–water partition coefficient (Wildman–Crippen LogP) is 0.998. The van der Waals surface area contributed by atoms with Gasteiger partial charge < -0.3 is 5.32 Å². The minimum Gasteiger partial charge on any atom is -0.350 e. The van der Waals surface area contributed by atoms with Gasteiger partial charge in [-0.15, -0.1) is 11.3 Å². The Bertz CT molecular complexity index is 272. The van der Waals surface area contributed by atoms with Crippen molar-refractivity contribution in [2.75, 3.05) is 5.75 Å². The highest BCUT2D eigenvalue weighted by atomic mass is 32.1. The van der Waals surface area contributed by atoms with Gasteiger partial charge in [0.25, 0.3) is 0 Å². The lowest BCUT2D eigenvalue weighted by Crippen LogP contribution is -2.23. The van der Waals surface area contributed by atoms with Crippen LogP contribution < -0.4 is 5.32 Å². The summed E-state index contributed by atoms with van der Waals surface area (Å²) in [6.07, 6.45) is 0. The molecule has 0 atom stereocenters. The second kappa shape index (κ2) is 4.47. The molecule has 1 aromatic rings. The Labute approximate surface area is 80.6 Å². The van der Waals surface area contributed by atoms with Crippen LogP contribution in [0.4, 0.5) is 0 Å². The number of nitrogens with zero attached hydrogens (tertiary/aromatic N) is 1. The molecule has 12 heavy (non-hydrogen) atoms. The molecule has 1 aromatic heterocycles. The van der Waals surface area contributed by atoms with Gasteiger partial charge in [0.1, 0.15) is 0 Å². The fraction of sp³-hybridized carbons (Fsp3) is 0.429. The molecule has 0 saturated carbocycles. The molecule has 0 aromatic carbocycles. The van der Waals surface area contributed by atoms with Gasteiger partial charge in [0.2, 0.25) is 5.91 Å². The Morgan fingerprint density at radius 2 is 2.58 bits per heavy atom. The molecule has 1 N–H and O–H groups in total. The van der Waals surface area contributed by atoms with E-state index < -0.39 is 0 Å². The fourth-order valence-electron chi connectivity index (χ4n) is 0.731. The van der Waals surface area contributed by atoms with Crippen LogP contribution in [-0.4, -0.2) is 16.6 Å². The van der Waals surface area contributed by atoms with Gasteiger partial charge in [0, 0.05) is 4.88 Å². The topological polar surface area (TPSA) is 42.0 Å². The van der Waals surface area contributed by atoms with E-state index >= 15 is 0 Å². The number of rotatable bonds is 3. The normalized spacial score (nSPS) is 9.83. The number of thiazole rings is 1. The van der Waals surface area contributed by atoms with E-state index in [1.54, 1.807) is 16.8 Å². The zero-order chi connectivity index (χ0) is 8.97. The minimum atomic E-state index is -0.0499. The highest BCUT2D eigenvalue weighted by molar-refractivity contribution is 7.81. The quantitative estimate of drug-likeness (QED) is 0.718. The molecule has 5 heteroatoms. The van der Waals surface area contributed by atoms with Crippen molar-refractivity contribution in [1.82, 2.24) is 10.3 Å². The van der Waals surface area contributed by atoms with Crippen LogP contribution in [0.15, 0.2) is 5.51 Å². The van der Waals surface area contributed by atoms with Crippen molar-refractivity contribution in [3.05, 3.63) is 16.1 Å². The average Bonchev–Trinajstić information content (AvgIpc) is 2.47. The molecule has 0 aliphatic carbocycles.